The maximum atomic E-state index is 10.7. The first-order valence-electron chi connectivity index (χ1n) is 3.63. The van der Waals surface area contributed by atoms with Crippen LogP contribution < -0.4 is 4.74 Å². The summed E-state index contributed by atoms with van der Waals surface area (Å²) < 4.78 is 26.6. The summed E-state index contributed by atoms with van der Waals surface area (Å²) in [5.41, 5.74) is 0.983. The van der Waals surface area contributed by atoms with Crippen molar-refractivity contribution in [3.63, 3.8) is 0 Å². The Morgan fingerprint density at radius 1 is 1.50 bits per heavy atom. The summed E-state index contributed by atoms with van der Waals surface area (Å²) in [6.07, 6.45) is 0.806. The highest BCUT2D eigenvalue weighted by Gasteiger charge is 2.15. The molecule has 1 aliphatic heterocycles. The predicted molar refractivity (Wildman–Crippen MR) is 42.8 cm³/mol. The van der Waals surface area contributed by atoms with E-state index in [0.717, 1.165) is 12.0 Å². The van der Waals surface area contributed by atoms with Gasteiger partial charge in [-0.25, -0.2) is 0 Å². The van der Waals surface area contributed by atoms with Crippen LogP contribution in [0.5, 0.6) is 5.75 Å². The predicted octanol–water partition coefficient (Wildman–Crippen LogP) is 0.860. The molecule has 3 nitrogen and oxygen atoms in total. The van der Waals surface area contributed by atoms with Gasteiger partial charge in [-0.3, -0.25) is 4.21 Å². The number of para-hydroxylation sites is 1. The molecular formula is C8H7O3S-. The Labute approximate surface area is 72.6 Å². The van der Waals surface area contributed by atoms with E-state index in [9.17, 15) is 8.76 Å². The molecule has 1 aliphatic rings. The molecule has 64 valence electrons. The van der Waals surface area contributed by atoms with Crippen molar-refractivity contribution in [1.82, 2.24) is 0 Å². The molecule has 0 bridgehead atoms. The third-order valence-corrected chi connectivity index (χ3v) is 2.54. The van der Waals surface area contributed by atoms with Gasteiger partial charge in [0.25, 0.3) is 0 Å². The largest absolute Gasteiger partial charge is 0.768 e. The van der Waals surface area contributed by atoms with Crippen molar-refractivity contribution < 1.29 is 13.5 Å². The van der Waals surface area contributed by atoms with Gasteiger partial charge in [0.15, 0.2) is 0 Å². The number of benzene rings is 1. The van der Waals surface area contributed by atoms with E-state index in [0.29, 0.717) is 12.4 Å². The zero-order chi connectivity index (χ0) is 8.55. The molecule has 0 amide bonds. The molecule has 1 unspecified atom stereocenters. The zero-order valence-corrected chi connectivity index (χ0v) is 7.10. The molecule has 1 atom stereocenters. The fourth-order valence-electron chi connectivity index (χ4n) is 1.32. The lowest BCUT2D eigenvalue weighted by molar-refractivity contribution is 0.348. The average Bonchev–Trinajstić information content (AvgIpc) is 2.49. The highest BCUT2D eigenvalue weighted by Crippen LogP contribution is 2.30. The summed E-state index contributed by atoms with van der Waals surface area (Å²) in [6, 6.07) is 5.17. The van der Waals surface area contributed by atoms with Crippen molar-refractivity contribution >= 4 is 11.1 Å². The first-order valence-corrected chi connectivity index (χ1v) is 4.70. The molecule has 0 radical (unpaired) electrons. The van der Waals surface area contributed by atoms with Crippen LogP contribution in [-0.4, -0.2) is 15.4 Å². The molecule has 4 heteroatoms. The van der Waals surface area contributed by atoms with Gasteiger partial charge >= 0.3 is 0 Å². The lowest BCUT2D eigenvalue weighted by atomic mass is 10.2. The third kappa shape index (κ3) is 1.13. The van der Waals surface area contributed by atoms with Crippen molar-refractivity contribution in [3.8, 4) is 5.75 Å². The highest BCUT2D eigenvalue weighted by molar-refractivity contribution is 7.79. The van der Waals surface area contributed by atoms with Gasteiger partial charge in [0.2, 0.25) is 0 Å². The number of rotatable bonds is 1. The van der Waals surface area contributed by atoms with Gasteiger partial charge in [0.1, 0.15) is 5.75 Å². The van der Waals surface area contributed by atoms with Crippen molar-refractivity contribution in [2.24, 2.45) is 0 Å². The van der Waals surface area contributed by atoms with Crippen LogP contribution >= 0.6 is 0 Å². The van der Waals surface area contributed by atoms with Gasteiger partial charge in [-0.15, -0.1) is 0 Å². The Morgan fingerprint density at radius 3 is 3.08 bits per heavy atom. The van der Waals surface area contributed by atoms with E-state index in [2.05, 4.69) is 0 Å². The minimum atomic E-state index is -2.19. The van der Waals surface area contributed by atoms with Crippen molar-refractivity contribution in [2.45, 2.75) is 11.3 Å². The van der Waals surface area contributed by atoms with Crippen molar-refractivity contribution in [2.75, 3.05) is 6.61 Å². The smallest absolute Gasteiger partial charge is 0.137 e. The van der Waals surface area contributed by atoms with E-state index in [1.807, 2.05) is 6.07 Å². The van der Waals surface area contributed by atoms with Crippen LogP contribution in [0.15, 0.2) is 23.1 Å². The second-order valence-electron chi connectivity index (χ2n) is 2.58. The van der Waals surface area contributed by atoms with Crippen LogP contribution in [0.1, 0.15) is 5.56 Å². The number of fused-ring (bicyclic) bond motifs is 1. The van der Waals surface area contributed by atoms with E-state index in [4.69, 9.17) is 4.74 Å². The summed E-state index contributed by atoms with van der Waals surface area (Å²) >= 11 is -2.19. The zero-order valence-electron chi connectivity index (χ0n) is 6.28. The molecule has 0 N–H and O–H groups in total. The molecule has 0 aliphatic carbocycles. The maximum absolute atomic E-state index is 10.7. The molecule has 0 saturated carbocycles. The number of hydrogen-bond donors (Lipinski definition) is 0. The fraction of sp³-hybridized carbons (Fsp3) is 0.250. The Morgan fingerprint density at radius 2 is 2.33 bits per heavy atom. The first kappa shape index (κ1) is 7.76. The van der Waals surface area contributed by atoms with E-state index in [-0.39, 0.29) is 4.90 Å². The molecule has 1 aromatic carbocycles. The van der Waals surface area contributed by atoms with Crippen LogP contribution in [0, 0.1) is 0 Å². The molecule has 0 fully saturated rings. The Bertz CT molecular complexity index is 335. The summed E-state index contributed by atoms with van der Waals surface area (Å²) in [4.78, 5) is 0.269. The summed E-state index contributed by atoms with van der Waals surface area (Å²) in [7, 11) is 0. The van der Waals surface area contributed by atoms with Gasteiger partial charge < -0.3 is 9.29 Å². The quantitative estimate of drug-likeness (QED) is 0.607. The minimum Gasteiger partial charge on any atom is -0.768 e. The second-order valence-corrected chi connectivity index (χ2v) is 3.49. The number of ether oxygens (including phenoxy) is 1. The van der Waals surface area contributed by atoms with Gasteiger partial charge in [-0.2, -0.15) is 0 Å². The second kappa shape index (κ2) is 2.88. The van der Waals surface area contributed by atoms with Gasteiger partial charge in [-0.05, 0) is 22.7 Å². The number of hydrogen-bond acceptors (Lipinski definition) is 3. The normalized spacial score (nSPS) is 16.8. The summed E-state index contributed by atoms with van der Waals surface area (Å²) in [5, 5.41) is 0. The molecule has 0 spiro atoms. The lowest BCUT2D eigenvalue weighted by Crippen LogP contribution is -1.93. The van der Waals surface area contributed by atoms with E-state index >= 15 is 0 Å². The standard InChI is InChI=1S/C8H8O3S/c9-12(10)7-3-1-2-6-4-5-11-8(6)7/h1-3H,4-5H2,(H,9,10)/p-1. The molecule has 1 aromatic rings. The van der Waals surface area contributed by atoms with E-state index in [1.165, 1.54) is 0 Å². The monoisotopic (exact) mass is 183 g/mol. The molecule has 12 heavy (non-hydrogen) atoms. The van der Waals surface area contributed by atoms with Crippen LogP contribution in [0.3, 0.4) is 0 Å². The van der Waals surface area contributed by atoms with Gasteiger partial charge in [0.05, 0.1) is 11.5 Å². The van der Waals surface area contributed by atoms with Crippen LogP contribution in [0.4, 0.5) is 0 Å². The lowest BCUT2D eigenvalue weighted by Gasteiger charge is -2.09. The van der Waals surface area contributed by atoms with Crippen LogP contribution in [0.2, 0.25) is 0 Å². The van der Waals surface area contributed by atoms with E-state index in [1.54, 1.807) is 12.1 Å². The molecule has 2 rings (SSSR count). The minimum absolute atomic E-state index is 0.269. The Hall–Kier alpha value is -0.870. The van der Waals surface area contributed by atoms with Gasteiger partial charge in [0, 0.05) is 6.42 Å². The molecule has 0 saturated heterocycles. The maximum Gasteiger partial charge on any atom is 0.137 e. The highest BCUT2D eigenvalue weighted by atomic mass is 32.2. The summed E-state index contributed by atoms with van der Waals surface area (Å²) in [6.45, 7) is 0.587. The Kier molecular flexibility index (Phi) is 1.86. The van der Waals surface area contributed by atoms with Crippen molar-refractivity contribution in [1.29, 1.82) is 0 Å². The van der Waals surface area contributed by atoms with Gasteiger partial charge in [-0.1, -0.05) is 12.1 Å². The van der Waals surface area contributed by atoms with E-state index < -0.39 is 11.1 Å². The van der Waals surface area contributed by atoms with Crippen LogP contribution in [0.25, 0.3) is 0 Å². The molecular weight excluding hydrogens is 176 g/mol. The Balaban J connectivity index is 2.56. The average molecular weight is 183 g/mol. The molecule has 1 heterocycles. The summed E-state index contributed by atoms with van der Waals surface area (Å²) in [5.74, 6) is 0.533. The topological polar surface area (TPSA) is 49.4 Å². The molecule has 0 aromatic heterocycles. The van der Waals surface area contributed by atoms with Crippen molar-refractivity contribution in [3.05, 3.63) is 23.8 Å². The van der Waals surface area contributed by atoms with Crippen LogP contribution in [-0.2, 0) is 17.5 Å². The SMILES string of the molecule is O=S([O-])c1cccc2c1OCC2. The third-order valence-electron chi connectivity index (χ3n) is 1.86. The first-order chi connectivity index (χ1) is 5.79. The fourth-order valence-corrected chi connectivity index (χ4v) is 1.85.